The molecule has 0 saturated carbocycles. The Balaban J connectivity index is 2.41. The van der Waals surface area contributed by atoms with Gasteiger partial charge in [0, 0.05) is 6.54 Å². The van der Waals surface area contributed by atoms with Crippen LogP contribution in [0.15, 0.2) is 0 Å². The number of hydrogen-bond donors (Lipinski definition) is 3. The highest BCUT2D eigenvalue weighted by molar-refractivity contribution is 5.34. The van der Waals surface area contributed by atoms with Crippen LogP contribution in [0, 0.1) is 5.92 Å². The molecule has 0 aliphatic heterocycles. The Kier molecular flexibility index (Phi) is 6.13. The van der Waals surface area contributed by atoms with Gasteiger partial charge in [-0.25, -0.2) is 5.84 Å². The molecule has 0 radical (unpaired) electrons. The highest BCUT2D eigenvalue weighted by atomic mass is 16.5. The molecule has 1 rings (SSSR count). The number of unbranched alkanes of at least 4 members (excludes halogenated alkanes) is 1. The van der Waals surface area contributed by atoms with Crippen LogP contribution in [0.2, 0.25) is 0 Å². The minimum absolute atomic E-state index is 0.239. The van der Waals surface area contributed by atoms with Crippen LogP contribution in [0.4, 0.5) is 11.9 Å². The smallest absolute Gasteiger partial charge is 0.322 e. The molecule has 1 aromatic heterocycles. The maximum atomic E-state index is 5.27. The fourth-order valence-electron chi connectivity index (χ4n) is 1.47. The zero-order valence-corrected chi connectivity index (χ0v) is 11.2. The average molecular weight is 254 g/mol. The third-order valence-electron chi connectivity index (χ3n) is 2.42. The molecule has 0 unspecified atom stereocenters. The Morgan fingerprint density at radius 2 is 1.89 bits per heavy atom. The Bertz CT molecular complexity index is 335. The Morgan fingerprint density at radius 1 is 1.17 bits per heavy atom. The molecule has 7 nitrogen and oxygen atoms in total. The number of rotatable bonds is 8. The second kappa shape index (κ2) is 7.65. The molecule has 4 N–H and O–H groups in total. The molecule has 7 heteroatoms. The molecule has 0 bridgehead atoms. The maximum Gasteiger partial charge on any atom is 0.322 e. The predicted octanol–water partition coefficient (Wildman–Crippen LogP) is 1.40. The van der Waals surface area contributed by atoms with Crippen molar-refractivity contribution in [2.24, 2.45) is 11.8 Å². The van der Waals surface area contributed by atoms with Gasteiger partial charge in [0.1, 0.15) is 0 Å². The van der Waals surface area contributed by atoms with Crippen molar-refractivity contribution in [3.05, 3.63) is 0 Å². The van der Waals surface area contributed by atoms with Crippen molar-refractivity contribution in [1.29, 1.82) is 0 Å². The third kappa shape index (κ3) is 5.13. The van der Waals surface area contributed by atoms with Crippen LogP contribution in [-0.2, 0) is 0 Å². The monoisotopic (exact) mass is 254 g/mol. The SMILES string of the molecule is COc1nc(NN)nc(NCCCCC(C)C)n1. The lowest BCUT2D eigenvalue weighted by molar-refractivity contribution is 0.379. The summed E-state index contributed by atoms with van der Waals surface area (Å²) in [5, 5.41) is 3.13. The van der Waals surface area contributed by atoms with E-state index in [1.807, 2.05) is 0 Å². The van der Waals surface area contributed by atoms with Gasteiger partial charge in [0.25, 0.3) is 0 Å². The molecule has 0 atom stereocenters. The summed E-state index contributed by atoms with van der Waals surface area (Å²) in [6, 6.07) is 0.239. The van der Waals surface area contributed by atoms with Gasteiger partial charge < -0.3 is 10.1 Å². The van der Waals surface area contributed by atoms with E-state index in [0.29, 0.717) is 5.95 Å². The molecule has 0 amide bonds. The summed E-state index contributed by atoms with van der Waals surface area (Å²) in [6.07, 6.45) is 3.50. The summed E-state index contributed by atoms with van der Waals surface area (Å²) in [4.78, 5) is 12.1. The number of nitrogens with zero attached hydrogens (tertiary/aromatic N) is 3. The lowest BCUT2D eigenvalue weighted by Crippen LogP contribution is -2.14. The number of aromatic nitrogens is 3. The van der Waals surface area contributed by atoms with Crippen molar-refractivity contribution in [2.75, 3.05) is 24.4 Å². The molecule has 1 aromatic rings. The fraction of sp³-hybridized carbons (Fsp3) is 0.727. The van der Waals surface area contributed by atoms with E-state index in [-0.39, 0.29) is 12.0 Å². The summed E-state index contributed by atoms with van der Waals surface area (Å²) in [5.41, 5.74) is 2.38. The zero-order valence-electron chi connectivity index (χ0n) is 11.2. The van der Waals surface area contributed by atoms with E-state index in [0.717, 1.165) is 18.9 Å². The van der Waals surface area contributed by atoms with Crippen LogP contribution in [0.5, 0.6) is 6.01 Å². The van der Waals surface area contributed by atoms with E-state index in [1.165, 1.54) is 20.0 Å². The van der Waals surface area contributed by atoms with Gasteiger partial charge in [0.05, 0.1) is 7.11 Å². The highest BCUT2D eigenvalue weighted by Crippen LogP contribution is 2.10. The summed E-state index contributed by atoms with van der Waals surface area (Å²) in [6.45, 7) is 5.27. The number of hydrazine groups is 1. The first kappa shape index (κ1) is 14.4. The first-order chi connectivity index (χ1) is 8.65. The van der Waals surface area contributed by atoms with Gasteiger partial charge in [0.15, 0.2) is 0 Å². The van der Waals surface area contributed by atoms with Crippen molar-refractivity contribution >= 4 is 11.9 Å². The predicted molar refractivity (Wildman–Crippen MR) is 71.4 cm³/mol. The van der Waals surface area contributed by atoms with Crippen molar-refractivity contribution in [2.45, 2.75) is 33.1 Å². The van der Waals surface area contributed by atoms with Crippen molar-refractivity contribution in [3.8, 4) is 6.01 Å². The average Bonchev–Trinajstić information content (AvgIpc) is 2.37. The quantitative estimate of drug-likeness (QED) is 0.366. The summed E-state index contributed by atoms with van der Waals surface area (Å²) in [7, 11) is 1.50. The molecular formula is C11H22N6O. The lowest BCUT2D eigenvalue weighted by atomic mass is 10.1. The van der Waals surface area contributed by atoms with Gasteiger partial charge in [-0.3, -0.25) is 5.43 Å². The largest absolute Gasteiger partial charge is 0.467 e. The van der Waals surface area contributed by atoms with Crippen LogP contribution in [0.1, 0.15) is 33.1 Å². The van der Waals surface area contributed by atoms with Crippen molar-refractivity contribution in [3.63, 3.8) is 0 Å². The number of hydrogen-bond acceptors (Lipinski definition) is 7. The Morgan fingerprint density at radius 3 is 2.50 bits per heavy atom. The van der Waals surface area contributed by atoms with Crippen LogP contribution in [0.3, 0.4) is 0 Å². The van der Waals surface area contributed by atoms with Crippen molar-refractivity contribution < 1.29 is 4.74 Å². The molecular weight excluding hydrogens is 232 g/mol. The second-order valence-corrected chi connectivity index (χ2v) is 4.43. The number of methoxy groups -OCH3 is 1. The van der Waals surface area contributed by atoms with Crippen LogP contribution < -0.4 is 21.3 Å². The van der Waals surface area contributed by atoms with Crippen LogP contribution in [0.25, 0.3) is 0 Å². The first-order valence-electron chi connectivity index (χ1n) is 6.16. The molecule has 0 aromatic carbocycles. The van der Waals surface area contributed by atoms with Crippen LogP contribution >= 0.6 is 0 Å². The van der Waals surface area contributed by atoms with Gasteiger partial charge in [-0.05, 0) is 12.3 Å². The van der Waals surface area contributed by atoms with E-state index in [9.17, 15) is 0 Å². The molecule has 0 aliphatic carbocycles. The van der Waals surface area contributed by atoms with Gasteiger partial charge in [-0.2, -0.15) is 15.0 Å². The standard InChI is InChI=1S/C11H22N6O/c1-8(2)6-4-5-7-13-9-14-10(17-12)16-11(15-9)18-3/h8H,4-7,12H2,1-3H3,(H2,13,14,15,16,17). The number of nitrogen functional groups attached to an aromatic ring is 1. The number of anilines is 2. The normalized spacial score (nSPS) is 10.5. The number of nitrogens with two attached hydrogens (primary N) is 1. The Labute approximate surface area is 108 Å². The minimum atomic E-state index is 0.239. The minimum Gasteiger partial charge on any atom is -0.467 e. The summed E-state index contributed by atoms with van der Waals surface area (Å²) in [5.74, 6) is 6.77. The molecule has 18 heavy (non-hydrogen) atoms. The van der Waals surface area contributed by atoms with E-state index < -0.39 is 0 Å². The third-order valence-corrected chi connectivity index (χ3v) is 2.42. The summed E-state index contributed by atoms with van der Waals surface area (Å²) >= 11 is 0. The Hall–Kier alpha value is -1.63. The van der Waals surface area contributed by atoms with Gasteiger partial charge >= 0.3 is 6.01 Å². The second-order valence-electron chi connectivity index (χ2n) is 4.43. The van der Waals surface area contributed by atoms with Gasteiger partial charge in [0.2, 0.25) is 11.9 Å². The molecule has 0 spiro atoms. The molecule has 102 valence electrons. The first-order valence-corrected chi connectivity index (χ1v) is 6.16. The lowest BCUT2D eigenvalue weighted by Gasteiger charge is -2.08. The number of ether oxygens (including phenoxy) is 1. The van der Waals surface area contributed by atoms with E-state index in [2.05, 4.69) is 39.5 Å². The summed E-state index contributed by atoms with van der Waals surface area (Å²) < 4.78 is 4.96. The van der Waals surface area contributed by atoms with E-state index >= 15 is 0 Å². The van der Waals surface area contributed by atoms with E-state index in [4.69, 9.17) is 10.6 Å². The molecule has 0 fully saturated rings. The van der Waals surface area contributed by atoms with E-state index in [1.54, 1.807) is 0 Å². The van der Waals surface area contributed by atoms with Crippen molar-refractivity contribution in [1.82, 2.24) is 15.0 Å². The highest BCUT2D eigenvalue weighted by Gasteiger charge is 2.05. The van der Waals surface area contributed by atoms with Gasteiger partial charge in [-0.1, -0.05) is 26.7 Å². The molecule has 0 saturated heterocycles. The van der Waals surface area contributed by atoms with Gasteiger partial charge in [-0.15, -0.1) is 0 Å². The topological polar surface area (TPSA) is 98.0 Å². The maximum absolute atomic E-state index is 5.27. The molecule has 0 aliphatic rings. The molecule has 1 heterocycles. The number of nitrogens with one attached hydrogen (secondary N) is 2. The zero-order chi connectivity index (χ0) is 13.4. The fourth-order valence-corrected chi connectivity index (χ4v) is 1.47. The van der Waals surface area contributed by atoms with Crippen LogP contribution in [-0.4, -0.2) is 28.6 Å².